The van der Waals surface area contributed by atoms with Crippen LogP contribution in [-0.4, -0.2) is 28.5 Å². The minimum atomic E-state index is -0.938. The number of aliphatic carboxylic acids is 1. The van der Waals surface area contributed by atoms with E-state index in [9.17, 15) is 9.59 Å². The zero-order chi connectivity index (χ0) is 31.0. The van der Waals surface area contributed by atoms with Crippen LogP contribution in [-0.2, 0) is 11.3 Å². The van der Waals surface area contributed by atoms with Crippen molar-refractivity contribution >= 4 is 34.0 Å². The summed E-state index contributed by atoms with van der Waals surface area (Å²) in [5.41, 5.74) is 8.40. The summed E-state index contributed by atoms with van der Waals surface area (Å²) >= 11 is 1.62. The van der Waals surface area contributed by atoms with Crippen molar-refractivity contribution in [2.45, 2.75) is 51.0 Å². The van der Waals surface area contributed by atoms with Crippen molar-refractivity contribution in [3.05, 3.63) is 125 Å². The van der Waals surface area contributed by atoms with Gasteiger partial charge in [0.1, 0.15) is 0 Å². The number of carbonyl (C=O) groups is 2. The van der Waals surface area contributed by atoms with Gasteiger partial charge in [-0.2, -0.15) is 0 Å². The highest BCUT2D eigenvalue weighted by molar-refractivity contribution is 7.14. The Bertz CT molecular complexity index is 1710. The van der Waals surface area contributed by atoms with Crippen molar-refractivity contribution < 1.29 is 14.7 Å². The topological polar surface area (TPSA) is 82.5 Å². The van der Waals surface area contributed by atoms with Crippen LogP contribution < -0.4 is 10.2 Å². The van der Waals surface area contributed by atoms with Crippen LogP contribution in [0, 0.1) is 0 Å². The molecular weight excluding hydrogens is 579 g/mol. The molecule has 1 fully saturated rings. The van der Waals surface area contributed by atoms with E-state index in [0.717, 1.165) is 27.6 Å². The number of carboxylic acids is 1. The average molecular weight is 616 g/mol. The van der Waals surface area contributed by atoms with Crippen molar-refractivity contribution in [1.29, 1.82) is 0 Å². The van der Waals surface area contributed by atoms with Crippen LogP contribution in [0.15, 0.2) is 109 Å². The van der Waals surface area contributed by atoms with Gasteiger partial charge in [-0.15, -0.1) is 11.3 Å². The molecule has 2 N–H and O–H groups in total. The van der Waals surface area contributed by atoms with E-state index in [0.29, 0.717) is 18.0 Å². The number of amides is 1. The largest absolute Gasteiger partial charge is 0.481 e. The number of carboxylic acid groups (broad SMARTS) is 1. The Kier molecular flexibility index (Phi) is 9.66. The number of thiazole rings is 1. The van der Waals surface area contributed by atoms with Crippen LogP contribution in [0.5, 0.6) is 0 Å². The van der Waals surface area contributed by atoms with Crippen molar-refractivity contribution in [2.24, 2.45) is 0 Å². The Hall–Kier alpha value is -4.75. The predicted molar refractivity (Wildman–Crippen MR) is 182 cm³/mol. The van der Waals surface area contributed by atoms with Crippen LogP contribution >= 0.6 is 11.3 Å². The minimum Gasteiger partial charge on any atom is -0.481 e. The number of hydrogen-bond acceptors (Lipinski definition) is 5. The first-order valence-corrected chi connectivity index (χ1v) is 16.5. The number of benzene rings is 4. The van der Waals surface area contributed by atoms with E-state index in [4.69, 9.17) is 10.1 Å². The normalized spacial score (nSPS) is 13.3. The fraction of sp³-hybridized carbons (Fsp3) is 0.237. The van der Waals surface area contributed by atoms with Crippen molar-refractivity contribution in [1.82, 2.24) is 10.3 Å². The molecule has 0 bridgehead atoms. The maximum absolute atomic E-state index is 12.5. The van der Waals surface area contributed by atoms with Gasteiger partial charge in [0.25, 0.3) is 5.91 Å². The summed E-state index contributed by atoms with van der Waals surface area (Å²) in [4.78, 5) is 30.6. The molecule has 6 nitrogen and oxygen atoms in total. The van der Waals surface area contributed by atoms with E-state index in [1.807, 2.05) is 18.2 Å². The first kappa shape index (κ1) is 30.3. The maximum Gasteiger partial charge on any atom is 0.305 e. The van der Waals surface area contributed by atoms with Gasteiger partial charge in [-0.05, 0) is 65.3 Å². The van der Waals surface area contributed by atoms with Gasteiger partial charge < -0.3 is 15.3 Å². The second-order valence-electron chi connectivity index (χ2n) is 11.6. The summed E-state index contributed by atoms with van der Waals surface area (Å²) < 4.78 is 0. The Morgan fingerprint density at radius 3 is 2.16 bits per heavy atom. The van der Waals surface area contributed by atoms with Gasteiger partial charge in [0.05, 0.1) is 18.7 Å². The smallest absolute Gasteiger partial charge is 0.305 e. The highest BCUT2D eigenvalue weighted by Gasteiger charge is 2.19. The molecule has 1 aromatic heterocycles. The lowest BCUT2D eigenvalue weighted by molar-refractivity contribution is -0.136. The molecular formula is C38H37N3O3S. The molecule has 1 heterocycles. The molecule has 0 unspecified atom stereocenters. The molecule has 5 aromatic rings. The van der Waals surface area contributed by atoms with Gasteiger partial charge in [0.2, 0.25) is 0 Å². The number of aromatic nitrogens is 1. The van der Waals surface area contributed by atoms with Crippen LogP contribution in [0.3, 0.4) is 0 Å². The zero-order valence-electron chi connectivity index (χ0n) is 25.2. The molecule has 1 aliphatic rings. The number of carbonyl (C=O) groups excluding carboxylic acids is 1. The van der Waals surface area contributed by atoms with Gasteiger partial charge in [-0.1, -0.05) is 98.1 Å². The number of anilines is 2. The van der Waals surface area contributed by atoms with Crippen LogP contribution in [0.2, 0.25) is 0 Å². The van der Waals surface area contributed by atoms with Gasteiger partial charge in [-0.25, -0.2) is 4.98 Å². The molecule has 45 heavy (non-hydrogen) atoms. The van der Waals surface area contributed by atoms with Gasteiger partial charge in [0, 0.05) is 28.7 Å². The standard InChI is InChI=1S/C38H37N3O3S/c42-36(43)23-24-39-37(44)33-13-11-27(12-14-33)25-41(34-21-19-31(20-22-34)29-9-5-2-6-10-29)38-40-35(26-45-38)32-17-15-30(16-18-32)28-7-3-1-4-8-28/h1,3-4,7-8,11-22,26,29H,2,5-6,9-10,23-25H2,(H,39,44)(H,42,43). The third-order valence-corrected chi connectivity index (χ3v) is 9.34. The van der Waals surface area contributed by atoms with Crippen molar-refractivity contribution in [3.8, 4) is 22.4 Å². The van der Waals surface area contributed by atoms with E-state index < -0.39 is 5.97 Å². The van der Waals surface area contributed by atoms with Gasteiger partial charge >= 0.3 is 5.97 Å². The summed E-state index contributed by atoms with van der Waals surface area (Å²) in [6.45, 7) is 0.686. The third-order valence-electron chi connectivity index (χ3n) is 8.47. The summed E-state index contributed by atoms with van der Waals surface area (Å²) in [5.74, 6) is -0.575. The molecule has 0 radical (unpaired) electrons. The fourth-order valence-electron chi connectivity index (χ4n) is 5.95. The molecule has 0 spiro atoms. The highest BCUT2D eigenvalue weighted by atomic mass is 32.1. The zero-order valence-corrected chi connectivity index (χ0v) is 26.0. The number of hydrogen-bond donors (Lipinski definition) is 2. The monoisotopic (exact) mass is 615 g/mol. The summed E-state index contributed by atoms with van der Waals surface area (Å²) in [5, 5.41) is 14.5. The van der Waals surface area contributed by atoms with Crippen LogP contribution in [0.25, 0.3) is 22.4 Å². The van der Waals surface area contributed by atoms with Crippen LogP contribution in [0.1, 0.15) is 65.9 Å². The van der Waals surface area contributed by atoms with Gasteiger partial charge in [0.15, 0.2) is 5.13 Å². The number of rotatable bonds is 11. The van der Waals surface area contributed by atoms with Crippen molar-refractivity contribution in [2.75, 3.05) is 11.4 Å². The lowest BCUT2D eigenvalue weighted by atomic mass is 9.84. The fourth-order valence-corrected chi connectivity index (χ4v) is 6.80. The summed E-state index contributed by atoms with van der Waals surface area (Å²) in [6.07, 6.45) is 6.37. The van der Waals surface area contributed by atoms with Gasteiger partial charge in [-0.3, -0.25) is 9.59 Å². The maximum atomic E-state index is 12.5. The van der Waals surface area contributed by atoms with E-state index in [2.05, 4.69) is 88.4 Å². The first-order valence-electron chi connectivity index (χ1n) is 15.6. The highest BCUT2D eigenvalue weighted by Crippen LogP contribution is 2.37. The van der Waals surface area contributed by atoms with Crippen molar-refractivity contribution in [3.63, 3.8) is 0 Å². The Balaban J connectivity index is 1.24. The molecule has 0 saturated heterocycles. The SMILES string of the molecule is O=C(O)CCNC(=O)c1ccc(CN(c2ccc(C3CCCCC3)cc2)c2nc(-c3ccc(-c4ccccc4)cc3)cs2)cc1. The predicted octanol–water partition coefficient (Wildman–Crippen LogP) is 9.07. The lowest BCUT2D eigenvalue weighted by Crippen LogP contribution is -2.26. The molecule has 0 atom stereocenters. The van der Waals surface area contributed by atoms with E-state index in [1.54, 1.807) is 23.5 Å². The Morgan fingerprint density at radius 2 is 1.47 bits per heavy atom. The molecule has 1 saturated carbocycles. The second-order valence-corrected chi connectivity index (χ2v) is 12.4. The molecule has 0 aliphatic heterocycles. The quantitative estimate of drug-likeness (QED) is 0.155. The Labute approximate surface area is 268 Å². The molecule has 6 rings (SSSR count). The number of nitrogens with one attached hydrogen (secondary N) is 1. The minimum absolute atomic E-state index is 0.0991. The molecule has 7 heteroatoms. The number of nitrogens with zero attached hydrogens (tertiary/aromatic N) is 2. The second kappa shape index (κ2) is 14.4. The van der Waals surface area contributed by atoms with E-state index >= 15 is 0 Å². The Morgan fingerprint density at radius 1 is 0.800 bits per heavy atom. The lowest BCUT2D eigenvalue weighted by Gasteiger charge is -2.25. The third kappa shape index (κ3) is 7.67. The first-order chi connectivity index (χ1) is 22.0. The molecule has 4 aromatic carbocycles. The summed E-state index contributed by atoms with van der Waals surface area (Å²) in [6, 6.07) is 35.4. The van der Waals surface area contributed by atoms with E-state index in [-0.39, 0.29) is 18.9 Å². The summed E-state index contributed by atoms with van der Waals surface area (Å²) in [7, 11) is 0. The van der Waals surface area contributed by atoms with E-state index in [1.165, 1.54) is 48.8 Å². The average Bonchev–Trinajstić information content (AvgIpc) is 3.58. The van der Waals surface area contributed by atoms with Crippen LogP contribution in [0.4, 0.5) is 10.8 Å². The molecule has 1 amide bonds. The molecule has 228 valence electrons. The molecule has 1 aliphatic carbocycles.